The number of para-hydroxylation sites is 1. The Morgan fingerprint density at radius 3 is 2.50 bits per heavy atom. The van der Waals surface area contributed by atoms with Crippen LogP contribution in [0.3, 0.4) is 0 Å². The Hall–Kier alpha value is -2.82. The molecule has 5 nitrogen and oxygen atoms in total. The van der Waals surface area contributed by atoms with Gasteiger partial charge in [0.25, 0.3) is 5.56 Å². The summed E-state index contributed by atoms with van der Waals surface area (Å²) in [6, 6.07) is 14.9. The molecule has 1 heterocycles. The van der Waals surface area contributed by atoms with Gasteiger partial charge in [-0.15, -0.1) is 0 Å². The quantitative estimate of drug-likeness (QED) is 0.692. The second-order valence-electron chi connectivity index (χ2n) is 4.55. The van der Waals surface area contributed by atoms with Crippen molar-refractivity contribution in [1.82, 2.24) is 9.71 Å². The third kappa shape index (κ3) is 1.99. The van der Waals surface area contributed by atoms with Crippen molar-refractivity contribution in [2.24, 2.45) is 0 Å². The molecule has 0 atom stereocenters. The molecule has 0 unspecified atom stereocenters. The molecule has 2 aromatic carbocycles. The van der Waals surface area contributed by atoms with Gasteiger partial charge >= 0.3 is 5.69 Å². The normalized spacial score (nSPS) is 10.8. The van der Waals surface area contributed by atoms with E-state index in [4.69, 9.17) is 0 Å². The Labute approximate surface area is 113 Å². The van der Waals surface area contributed by atoms with Crippen molar-refractivity contribution in [1.29, 1.82) is 0 Å². The Kier molecular flexibility index (Phi) is 2.87. The molecule has 0 aliphatic carbocycles. The van der Waals surface area contributed by atoms with Gasteiger partial charge in [-0.1, -0.05) is 47.2 Å². The van der Waals surface area contributed by atoms with E-state index in [-0.39, 0.29) is 4.73 Å². The van der Waals surface area contributed by atoms with Gasteiger partial charge in [0.15, 0.2) is 0 Å². The topological polar surface area (TPSA) is 75.1 Å². The van der Waals surface area contributed by atoms with E-state index in [0.29, 0.717) is 17.3 Å². The second kappa shape index (κ2) is 4.70. The molecule has 0 saturated heterocycles. The number of benzene rings is 2. The molecular formula is C15H12N2O3. The fraction of sp³-hybridized carbons (Fsp3) is 0.0667. The highest BCUT2D eigenvalue weighted by atomic mass is 16.5. The summed E-state index contributed by atoms with van der Waals surface area (Å²) >= 11 is 0. The lowest BCUT2D eigenvalue weighted by molar-refractivity contribution is 0.162. The van der Waals surface area contributed by atoms with Crippen molar-refractivity contribution in [3.05, 3.63) is 80.5 Å². The van der Waals surface area contributed by atoms with Crippen LogP contribution in [0.5, 0.6) is 0 Å². The first-order valence-corrected chi connectivity index (χ1v) is 6.17. The Bertz CT molecular complexity index is 879. The van der Waals surface area contributed by atoms with E-state index in [1.54, 1.807) is 12.1 Å². The molecule has 3 rings (SSSR count). The summed E-state index contributed by atoms with van der Waals surface area (Å²) in [5.41, 5.74) is 0.843. The smallest absolute Gasteiger partial charge is 0.362 e. The number of nitrogens with zero attached hydrogens (tertiary/aromatic N) is 1. The molecule has 0 aliphatic rings. The molecule has 20 heavy (non-hydrogen) atoms. The van der Waals surface area contributed by atoms with Gasteiger partial charge in [0.1, 0.15) is 0 Å². The standard InChI is InChI=1S/C15H12N2O3/c18-14-12-8-4-7-11(9-10-5-2-1-3-6-10)13(12)16-15(19)17(14)20/h1-8,20H,9H2,(H,16,19). The van der Waals surface area contributed by atoms with E-state index in [0.717, 1.165) is 11.1 Å². The van der Waals surface area contributed by atoms with Crippen molar-refractivity contribution >= 4 is 10.9 Å². The average molecular weight is 268 g/mol. The van der Waals surface area contributed by atoms with Crippen molar-refractivity contribution < 1.29 is 5.21 Å². The molecule has 0 amide bonds. The fourth-order valence-electron chi connectivity index (χ4n) is 2.26. The third-order valence-corrected chi connectivity index (χ3v) is 3.24. The van der Waals surface area contributed by atoms with Crippen molar-refractivity contribution in [2.75, 3.05) is 0 Å². The van der Waals surface area contributed by atoms with Gasteiger partial charge in [0.2, 0.25) is 0 Å². The van der Waals surface area contributed by atoms with Crippen molar-refractivity contribution in [3.63, 3.8) is 0 Å². The van der Waals surface area contributed by atoms with Gasteiger partial charge in [-0.25, -0.2) is 4.79 Å². The van der Waals surface area contributed by atoms with Crippen LogP contribution in [0.2, 0.25) is 0 Å². The van der Waals surface area contributed by atoms with E-state index in [1.807, 2.05) is 36.4 Å². The highest BCUT2D eigenvalue weighted by Gasteiger charge is 2.09. The monoisotopic (exact) mass is 268 g/mol. The first-order chi connectivity index (χ1) is 9.66. The molecule has 0 radical (unpaired) electrons. The van der Waals surface area contributed by atoms with Crippen LogP contribution in [-0.2, 0) is 6.42 Å². The Balaban J connectivity index is 2.22. The molecule has 1 aromatic heterocycles. The van der Waals surface area contributed by atoms with Gasteiger partial charge in [0.05, 0.1) is 10.9 Å². The van der Waals surface area contributed by atoms with Crippen LogP contribution in [0.1, 0.15) is 11.1 Å². The molecule has 2 N–H and O–H groups in total. The first kappa shape index (κ1) is 12.2. The maximum absolute atomic E-state index is 11.8. The summed E-state index contributed by atoms with van der Waals surface area (Å²) in [5, 5.41) is 9.64. The number of rotatable bonds is 2. The number of hydrogen-bond donors (Lipinski definition) is 2. The van der Waals surface area contributed by atoms with Crippen LogP contribution in [0, 0.1) is 0 Å². The van der Waals surface area contributed by atoms with Gasteiger partial charge in [-0.3, -0.25) is 4.79 Å². The summed E-state index contributed by atoms with van der Waals surface area (Å²) in [5.74, 6) is 0. The summed E-state index contributed by atoms with van der Waals surface area (Å²) in [4.78, 5) is 25.9. The summed E-state index contributed by atoms with van der Waals surface area (Å²) in [6.45, 7) is 0. The van der Waals surface area contributed by atoms with E-state index in [2.05, 4.69) is 4.98 Å². The van der Waals surface area contributed by atoms with Crippen LogP contribution >= 0.6 is 0 Å². The molecule has 5 heteroatoms. The number of fused-ring (bicyclic) bond motifs is 1. The molecule has 0 fully saturated rings. The summed E-state index contributed by atoms with van der Waals surface area (Å²) in [6.07, 6.45) is 0.600. The number of aromatic nitrogens is 2. The molecule has 0 saturated carbocycles. The maximum atomic E-state index is 11.8. The van der Waals surface area contributed by atoms with E-state index < -0.39 is 11.2 Å². The van der Waals surface area contributed by atoms with Gasteiger partial charge < -0.3 is 10.2 Å². The summed E-state index contributed by atoms with van der Waals surface area (Å²) in [7, 11) is 0. The van der Waals surface area contributed by atoms with Crippen LogP contribution in [0.4, 0.5) is 0 Å². The average Bonchev–Trinajstić information content (AvgIpc) is 2.47. The minimum Gasteiger partial charge on any atom is -0.421 e. The highest BCUT2D eigenvalue weighted by molar-refractivity contribution is 5.80. The zero-order valence-corrected chi connectivity index (χ0v) is 10.5. The number of H-pyrrole nitrogens is 1. The van der Waals surface area contributed by atoms with Crippen LogP contribution in [0.15, 0.2) is 58.1 Å². The number of nitrogens with one attached hydrogen (secondary N) is 1. The zero-order valence-electron chi connectivity index (χ0n) is 10.5. The zero-order chi connectivity index (χ0) is 14.1. The molecule has 100 valence electrons. The second-order valence-corrected chi connectivity index (χ2v) is 4.55. The van der Waals surface area contributed by atoms with E-state index in [1.165, 1.54) is 0 Å². The van der Waals surface area contributed by atoms with Gasteiger partial charge in [0, 0.05) is 0 Å². The van der Waals surface area contributed by atoms with Gasteiger partial charge in [-0.05, 0) is 23.6 Å². The van der Waals surface area contributed by atoms with Crippen molar-refractivity contribution in [2.45, 2.75) is 6.42 Å². The number of aromatic amines is 1. The lowest BCUT2D eigenvalue weighted by Crippen LogP contribution is -2.33. The van der Waals surface area contributed by atoms with Crippen LogP contribution in [0.25, 0.3) is 10.9 Å². The molecule has 0 aliphatic heterocycles. The van der Waals surface area contributed by atoms with E-state index in [9.17, 15) is 14.8 Å². The Morgan fingerprint density at radius 2 is 1.75 bits per heavy atom. The van der Waals surface area contributed by atoms with E-state index >= 15 is 0 Å². The molecule has 3 aromatic rings. The highest BCUT2D eigenvalue weighted by Crippen LogP contribution is 2.16. The SMILES string of the molecule is O=c1[nH]c2c(Cc3ccccc3)cccc2c(=O)n1O. The predicted molar refractivity (Wildman–Crippen MR) is 75.3 cm³/mol. The molecule has 0 bridgehead atoms. The minimum absolute atomic E-state index is 0.0919. The van der Waals surface area contributed by atoms with Crippen LogP contribution in [-0.4, -0.2) is 14.9 Å². The lowest BCUT2D eigenvalue weighted by Gasteiger charge is -2.06. The predicted octanol–water partition coefficient (Wildman–Crippen LogP) is 1.52. The largest absolute Gasteiger partial charge is 0.421 e. The molecular weight excluding hydrogens is 256 g/mol. The maximum Gasteiger partial charge on any atom is 0.362 e. The number of hydrogen-bond acceptors (Lipinski definition) is 3. The third-order valence-electron chi connectivity index (χ3n) is 3.24. The van der Waals surface area contributed by atoms with Crippen LogP contribution < -0.4 is 11.2 Å². The first-order valence-electron chi connectivity index (χ1n) is 6.17. The Morgan fingerprint density at radius 1 is 1.00 bits per heavy atom. The minimum atomic E-state index is -0.831. The summed E-state index contributed by atoms with van der Waals surface area (Å²) < 4.78 is 0.0919. The molecule has 0 spiro atoms. The lowest BCUT2D eigenvalue weighted by atomic mass is 10.0. The fourth-order valence-corrected chi connectivity index (χ4v) is 2.26. The van der Waals surface area contributed by atoms with Gasteiger partial charge in [-0.2, -0.15) is 0 Å². The van der Waals surface area contributed by atoms with Crippen molar-refractivity contribution in [3.8, 4) is 0 Å².